The molecule has 1 atom stereocenters. The lowest BCUT2D eigenvalue weighted by Crippen LogP contribution is -2.41. The zero-order valence-corrected chi connectivity index (χ0v) is 15.6. The molecule has 1 aliphatic heterocycles. The Morgan fingerprint density at radius 2 is 2.00 bits per heavy atom. The van der Waals surface area contributed by atoms with E-state index in [-0.39, 0.29) is 17.6 Å². The largest absolute Gasteiger partial charge is 0.356 e. The third-order valence-electron chi connectivity index (χ3n) is 5.34. The maximum Gasteiger partial charge on any atom is 0.278 e. The first kappa shape index (κ1) is 16.7. The van der Waals surface area contributed by atoms with Gasteiger partial charge >= 0.3 is 0 Å². The molecule has 1 aromatic carbocycles. The number of nitrogens with one attached hydrogen (secondary N) is 1. The summed E-state index contributed by atoms with van der Waals surface area (Å²) < 4.78 is 4.76. The summed E-state index contributed by atoms with van der Waals surface area (Å²) in [5.74, 6) is -0.198. The summed E-state index contributed by atoms with van der Waals surface area (Å²) in [6, 6.07) is 13.8. The van der Waals surface area contributed by atoms with Gasteiger partial charge in [-0.15, -0.1) is 0 Å². The number of hydrogen-bond acceptors (Lipinski definition) is 5. The molecule has 7 nitrogen and oxygen atoms in total. The van der Waals surface area contributed by atoms with Gasteiger partial charge in [-0.3, -0.25) is 9.78 Å². The Labute approximate surface area is 161 Å². The van der Waals surface area contributed by atoms with Gasteiger partial charge in [0.2, 0.25) is 0 Å². The molecule has 1 aliphatic rings. The molecule has 0 saturated carbocycles. The van der Waals surface area contributed by atoms with Gasteiger partial charge in [0.25, 0.3) is 5.91 Å². The van der Waals surface area contributed by atoms with Crippen molar-refractivity contribution in [3.63, 3.8) is 0 Å². The lowest BCUT2D eigenvalue weighted by Gasteiger charge is -2.35. The normalized spacial score (nSPS) is 16.4. The molecular weight excluding hydrogens is 354 g/mol. The Kier molecular flexibility index (Phi) is 3.75. The summed E-state index contributed by atoms with van der Waals surface area (Å²) in [6.07, 6.45) is 0.762. The van der Waals surface area contributed by atoms with E-state index in [0.29, 0.717) is 12.2 Å². The van der Waals surface area contributed by atoms with Crippen molar-refractivity contribution in [1.82, 2.24) is 25.2 Å². The quantitative estimate of drug-likeness (QED) is 0.582. The topological polar surface area (TPSA) is 87.9 Å². The molecule has 0 aliphatic carbocycles. The van der Waals surface area contributed by atoms with Crippen LogP contribution >= 0.6 is 0 Å². The molecule has 0 bridgehead atoms. The van der Waals surface area contributed by atoms with E-state index in [9.17, 15) is 4.79 Å². The minimum absolute atomic E-state index is 0.198. The molecular formula is C21H19N5O2. The number of H-pyrrole nitrogens is 1. The molecule has 1 N–H and O–H groups in total. The van der Waals surface area contributed by atoms with Crippen molar-refractivity contribution in [2.75, 3.05) is 6.54 Å². The number of hydrogen-bond donors (Lipinski definition) is 1. The highest BCUT2D eigenvalue weighted by molar-refractivity contribution is 5.94. The number of carbonyl (C=O) groups excluding carboxylic acids is 1. The van der Waals surface area contributed by atoms with Crippen LogP contribution in [0.15, 0.2) is 47.1 Å². The van der Waals surface area contributed by atoms with E-state index < -0.39 is 0 Å². The number of amides is 1. The summed E-state index contributed by atoms with van der Waals surface area (Å²) >= 11 is 0. The summed E-state index contributed by atoms with van der Waals surface area (Å²) in [7, 11) is 0. The maximum absolute atomic E-state index is 13.3. The van der Waals surface area contributed by atoms with Crippen molar-refractivity contribution in [3.8, 4) is 0 Å². The second kappa shape index (κ2) is 6.30. The lowest BCUT2D eigenvalue weighted by atomic mass is 9.94. The molecule has 4 aromatic rings. The molecule has 0 spiro atoms. The second-order valence-corrected chi connectivity index (χ2v) is 7.12. The van der Waals surface area contributed by atoms with Crippen LogP contribution in [-0.2, 0) is 6.42 Å². The molecule has 3 aromatic heterocycles. The monoisotopic (exact) mass is 373 g/mol. The fraction of sp³-hybridized carbons (Fsp3) is 0.238. The number of carbonyl (C=O) groups is 1. The molecule has 5 rings (SSSR count). The predicted octanol–water partition coefficient (Wildman–Crippen LogP) is 3.35. The van der Waals surface area contributed by atoms with Gasteiger partial charge in [0.15, 0.2) is 5.69 Å². The summed E-state index contributed by atoms with van der Waals surface area (Å²) in [6.45, 7) is 4.25. The van der Waals surface area contributed by atoms with Crippen LogP contribution in [0.25, 0.3) is 10.9 Å². The van der Waals surface area contributed by atoms with E-state index >= 15 is 0 Å². The van der Waals surface area contributed by atoms with Gasteiger partial charge in [-0.25, -0.2) is 4.63 Å². The van der Waals surface area contributed by atoms with Gasteiger partial charge in [-0.1, -0.05) is 29.4 Å². The number of nitrogens with zero attached hydrogens (tertiary/aromatic N) is 4. The minimum atomic E-state index is -0.320. The number of pyridine rings is 1. The van der Waals surface area contributed by atoms with E-state index in [2.05, 4.69) is 27.4 Å². The van der Waals surface area contributed by atoms with Crippen LogP contribution < -0.4 is 0 Å². The Hall–Kier alpha value is -3.48. The average Bonchev–Trinajstić information content (AvgIpc) is 3.30. The summed E-state index contributed by atoms with van der Waals surface area (Å²) in [4.78, 5) is 23.4. The molecule has 0 saturated heterocycles. The fourth-order valence-corrected chi connectivity index (χ4v) is 4.05. The summed E-state index contributed by atoms with van der Waals surface area (Å²) in [5, 5.41) is 8.79. The molecule has 1 unspecified atom stereocenters. The van der Waals surface area contributed by atoms with Crippen molar-refractivity contribution in [2.45, 2.75) is 26.3 Å². The third-order valence-corrected chi connectivity index (χ3v) is 5.34. The van der Waals surface area contributed by atoms with E-state index in [4.69, 9.17) is 9.61 Å². The number of benzene rings is 1. The number of aryl methyl sites for hydroxylation is 2. The van der Waals surface area contributed by atoms with Crippen LogP contribution in [0.5, 0.6) is 0 Å². The Morgan fingerprint density at radius 1 is 1.14 bits per heavy atom. The van der Waals surface area contributed by atoms with Gasteiger partial charge in [-0.2, -0.15) is 0 Å². The molecule has 140 valence electrons. The highest BCUT2D eigenvalue weighted by Gasteiger charge is 2.37. The van der Waals surface area contributed by atoms with Crippen molar-refractivity contribution >= 4 is 16.8 Å². The SMILES string of the molecule is Cc1cccc(C2c3[nH]c4ccccc4c3CCN2C(=O)c2nonc2C)n1. The van der Waals surface area contributed by atoms with Crippen molar-refractivity contribution in [1.29, 1.82) is 0 Å². The number of aromatic nitrogens is 4. The molecule has 0 radical (unpaired) electrons. The van der Waals surface area contributed by atoms with Gasteiger partial charge < -0.3 is 9.88 Å². The predicted molar refractivity (Wildman–Crippen MR) is 103 cm³/mol. The zero-order valence-electron chi connectivity index (χ0n) is 15.6. The second-order valence-electron chi connectivity index (χ2n) is 7.12. The van der Waals surface area contributed by atoms with Crippen LogP contribution in [0.2, 0.25) is 0 Å². The van der Waals surface area contributed by atoms with Gasteiger partial charge in [0.05, 0.1) is 5.69 Å². The highest BCUT2D eigenvalue weighted by atomic mass is 16.6. The first-order valence-electron chi connectivity index (χ1n) is 9.26. The number of aromatic amines is 1. The van der Waals surface area contributed by atoms with E-state index in [1.807, 2.05) is 42.2 Å². The van der Waals surface area contributed by atoms with Crippen LogP contribution in [-0.4, -0.2) is 37.6 Å². The van der Waals surface area contributed by atoms with Gasteiger partial charge in [0.1, 0.15) is 11.7 Å². The smallest absolute Gasteiger partial charge is 0.278 e. The Balaban J connectivity index is 1.69. The average molecular weight is 373 g/mol. The Bertz CT molecular complexity index is 1190. The van der Waals surface area contributed by atoms with E-state index in [0.717, 1.165) is 29.0 Å². The minimum Gasteiger partial charge on any atom is -0.356 e. The summed E-state index contributed by atoms with van der Waals surface area (Å²) in [5.41, 5.74) is 5.79. The molecule has 4 heterocycles. The molecule has 1 amide bonds. The van der Waals surface area contributed by atoms with Crippen LogP contribution in [0, 0.1) is 13.8 Å². The lowest BCUT2D eigenvalue weighted by molar-refractivity contribution is 0.0676. The van der Waals surface area contributed by atoms with Gasteiger partial charge in [-0.05, 0) is 49.2 Å². The third kappa shape index (κ3) is 2.51. The first-order valence-corrected chi connectivity index (χ1v) is 9.26. The number of fused-ring (bicyclic) bond motifs is 3. The van der Waals surface area contributed by atoms with Crippen LogP contribution in [0.1, 0.15) is 44.9 Å². The highest BCUT2D eigenvalue weighted by Crippen LogP contribution is 2.38. The first-order chi connectivity index (χ1) is 13.6. The molecule has 0 fully saturated rings. The van der Waals surface area contributed by atoms with Crippen LogP contribution in [0.4, 0.5) is 0 Å². The Morgan fingerprint density at radius 3 is 2.79 bits per heavy atom. The molecule has 7 heteroatoms. The molecule has 28 heavy (non-hydrogen) atoms. The van der Waals surface area contributed by atoms with Crippen LogP contribution in [0.3, 0.4) is 0 Å². The maximum atomic E-state index is 13.3. The number of rotatable bonds is 2. The van der Waals surface area contributed by atoms with Crippen molar-refractivity contribution < 1.29 is 9.42 Å². The standard InChI is InChI=1S/C21H19N5O2/c1-12-6-5-9-17(22-12)20-19-15(14-7-3-4-8-16(14)23-19)10-11-26(20)21(27)18-13(2)24-28-25-18/h3-9,20,23H,10-11H2,1-2H3. The van der Waals surface area contributed by atoms with Crippen molar-refractivity contribution in [2.24, 2.45) is 0 Å². The van der Waals surface area contributed by atoms with Crippen molar-refractivity contribution in [3.05, 3.63) is 76.5 Å². The fourth-order valence-electron chi connectivity index (χ4n) is 4.05. The number of para-hydroxylation sites is 1. The van der Waals surface area contributed by atoms with Gasteiger partial charge in [0, 0.05) is 28.8 Å². The van der Waals surface area contributed by atoms with E-state index in [1.165, 1.54) is 10.9 Å². The zero-order chi connectivity index (χ0) is 19.3. The van der Waals surface area contributed by atoms with E-state index in [1.54, 1.807) is 6.92 Å².